The second-order valence-corrected chi connectivity index (χ2v) is 6.73. The van der Waals surface area contributed by atoms with Gasteiger partial charge in [-0.05, 0) is 30.0 Å². The number of piperidine rings is 1. The van der Waals surface area contributed by atoms with Gasteiger partial charge in [-0.1, -0.05) is 12.1 Å². The Kier molecular flexibility index (Phi) is 4.26. The molecule has 1 saturated heterocycles. The third-order valence-corrected chi connectivity index (χ3v) is 5.07. The maximum atomic E-state index is 12.6. The number of alkyl halides is 3. The van der Waals surface area contributed by atoms with Gasteiger partial charge in [0.15, 0.2) is 5.60 Å². The zero-order chi connectivity index (χ0) is 18.4. The number of nitrogens with zero attached hydrogens (tertiary/aromatic N) is 1. The topological polar surface area (TPSA) is 77.8 Å². The van der Waals surface area contributed by atoms with Crippen LogP contribution in [0.4, 0.5) is 13.2 Å². The highest BCUT2D eigenvalue weighted by molar-refractivity contribution is 5.84. The lowest BCUT2D eigenvalue weighted by molar-refractivity contribution is -0.165. The Bertz CT molecular complexity index is 678. The van der Waals surface area contributed by atoms with E-state index in [2.05, 4.69) is 0 Å². The van der Waals surface area contributed by atoms with Crippen LogP contribution in [0.2, 0.25) is 0 Å². The third-order valence-electron chi connectivity index (χ3n) is 5.07. The van der Waals surface area contributed by atoms with Crippen molar-refractivity contribution in [3.63, 3.8) is 0 Å². The van der Waals surface area contributed by atoms with Crippen LogP contribution in [0, 0.1) is 5.92 Å². The van der Waals surface area contributed by atoms with Crippen molar-refractivity contribution in [2.75, 3.05) is 13.1 Å². The average Bonchev–Trinajstić information content (AvgIpc) is 3.35. The van der Waals surface area contributed by atoms with E-state index in [1.165, 1.54) is 17.0 Å². The molecule has 8 heteroatoms. The number of hydrogen-bond donors (Lipinski definition) is 2. The summed E-state index contributed by atoms with van der Waals surface area (Å²) in [5, 5.41) is 18.9. The van der Waals surface area contributed by atoms with Crippen molar-refractivity contribution in [2.45, 2.75) is 37.0 Å². The monoisotopic (exact) mass is 357 g/mol. The van der Waals surface area contributed by atoms with Crippen LogP contribution in [0.15, 0.2) is 24.3 Å². The van der Waals surface area contributed by atoms with E-state index < -0.39 is 23.3 Å². The zero-order valence-corrected chi connectivity index (χ0v) is 13.3. The number of likely N-dealkylation sites (tertiary alicyclic amines) is 1. The number of carbonyl (C=O) groups is 2. The first kappa shape index (κ1) is 17.7. The van der Waals surface area contributed by atoms with Crippen LogP contribution in [0.3, 0.4) is 0 Å². The number of aliphatic hydroxyl groups is 1. The molecule has 1 heterocycles. The summed E-state index contributed by atoms with van der Waals surface area (Å²) in [7, 11) is 0. The van der Waals surface area contributed by atoms with E-state index in [0.717, 1.165) is 12.1 Å². The Hall–Kier alpha value is -2.09. The summed E-state index contributed by atoms with van der Waals surface area (Å²) in [6.45, 7) is 0.329. The summed E-state index contributed by atoms with van der Waals surface area (Å²) in [4.78, 5) is 25.0. The van der Waals surface area contributed by atoms with Crippen molar-refractivity contribution < 1.29 is 33.0 Å². The van der Waals surface area contributed by atoms with E-state index in [9.17, 15) is 27.9 Å². The van der Waals surface area contributed by atoms with Gasteiger partial charge in [-0.3, -0.25) is 4.79 Å². The van der Waals surface area contributed by atoms with Crippen LogP contribution in [0.1, 0.15) is 36.3 Å². The summed E-state index contributed by atoms with van der Waals surface area (Å²) in [5.41, 5.74) is -1.80. The first-order chi connectivity index (χ1) is 11.6. The van der Waals surface area contributed by atoms with Gasteiger partial charge in [0, 0.05) is 31.8 Å². The molecule has 0 spiro atoms. The summed E-state index contributed by atoms with van der Waals surface area (Å²) < 4.78 is 37.7. The molecule has 2 atom stereocenters. The van der Waals surface area contributed by atoms with Gasteiger partial charge < -0.3 is 15.1 Å². The smallest absolute Gasteiger partial charge is 0.416 e. The second kappa shape index (κ2) is 6.01. The van der Waals surface area contributed by atoms with Crippen molar-refractivity contribution in [2.24, 2.45) is 5.92 Å². The number of aliphatic carboxylic acids is 1. The molecule has 3 rings (SSSR count). The second-order valence-electron chi connectivity index (χ2n) is 6.73. The Labute approximate surface area is 142 Å². The molecule has 1 aromatic rings. The van der Waals surface area contributed by atoms with Crippen molar-refractivity contribution in [3.05, 3.63) is 35.4 Å². The Balaban J connectivity index is 1.59. The molecule has 0 bridgehead atoms. The minimum atomic E-state index is -4.38. The van der Waals surface area contributed by atoms with E-state index in [1.54, 1.807) is 0 Å². The summed E-state index contributed by atoms with van der Waals surface area (Å²) >= 11 is 0. The highest BCUT2D eigenvalue weighted by atomic mass is 19.4. The number of halogens is 3. The van der Waals surface area contributed by atoms with Crippen molar-refractivity contribution in [1.29, 1.82) is 0 Å². The first-order valence-corrected chi connectivity index (χ1v) is 8.03. The largest absolute Gasteiger partial charge is 0.479 e. The summed E-state index contributed by atoms with van der Waals surface area (Å²) in [6, 6.07) is 4.84. The molecule has 136 valence electrons. The van der Waals surface area contributed by atoms with Crippen LogP contribution < -0.4 is 0 Å². The third kappa shape index (κ3) is 3.49. The SMILES string of the molecule is O=C(C1CC1c1ccc(C(F)(F)F)cc1)N1CCC(O)(C(=O)O)CC1. The number of amides is 1. The quantitative estimate of drug-likeness (QED) is 0.870. The fourth-order valence-electron chi connectivity index (χ4n) is 3.30. The maximum Gasteiger partial charge on any atom is 0.416 e. The van der Waals surface area contributed by atoms with Crippen LogP contribution in [0.25, 0.3) is 0 Å². The van der Waals surface area contributed by atoms with Crippen molar-refractivity contribution in [3.8, 4) is 0 Å². The molecule has 1 aliphatic carbocycles. The average molecular weight is 357 g/mol. The highest BCUT2D eigenvalue weighted by Crippen LogP contribution is 2.49. The fraction of sp³-hybridized carbons (Fsp3) is 0.529. The normalized spacial score (nSPS) is 25.5. The minimum Gasteiger partial charge on any atom is -0.479 e. The van der Waals surface area contributed by atoms with Gasteiger partial charge in [0.25, 0.3) is 0 Å². The molecule has 0 radical (unpaired) electrons. The van der Waals surface area contributed by atoms with E-state index in [4.69, 9.17) is 5.11 Å². The predicted octanol–water partition coefficient (Wildman–Crippen LogP) is 2.25. The molecular weight excluding hydrogens is 339 g/mol. The van der Waals surface area contributed by atoms with E-state index in [1.807, 2.05) is 0 Å². The molecule has 2 aliphatic rings. The first-order valence-electron chi connectivity index (χ1n) is 8.03. The zero-order valence-electron chi connectivity index (χ0n) is 13.3. The molecule has 1 aliphatic heterocycles. The van der Waals surface area contributed by atoms with Gasteiger partial charge in [-0.15, -0.1) is 0 Å². The summed E-state index contributed by atoms with van der Waals surface area (Å²) in [5.74, 6) is -1.80. The lowest BCUT2D eigenvalue weighted by atomic mass is 9.91. The number of hydrogen-bond acceptors (Lipinski definition) is 3. The number of rotatable bonds is 3. The molecule has 5 nitrogen and oxygen atoms in total. The Morgan fingerprint density at radius 2 is 1.68 bits per heavy atom. The molecule has 1 amide bonds. The molecule has 2 unspecified atom stereocenters. The molecule has 2 fully saturated rings. The Morgan fingerprint density at radius 3 is 2.16 bits per heavy atom. The van der Waals surface area contributed by atoms with E-state index in [0.29, 0.717) is 12.0 Å². The Morgan fingerprint density at radius 1 is 1.12 bits per heavy atom. The van der Waals surface area contributed by atoms with Gasteiger partial charge in [0.05, 0.1) is 5.56 Å². The van der Waals surface area contributed by atoms with E-state index in [-0.39, 0.29) is 43.7 Å². The van der Waals surface area contributed by atoms with Crippen molar-refractivity contribution in [1.82, 2.24) is 4.90 Å². The molecular formula is C17H18F3NO4. The van der Waals surface area contributed by atoms with Gasteiger partial charge in [-0.2, -0.15) is 13.2 Å². The standard InChI is InChI=1S/C17H18F3NO4/c18-17(19,20)11-3-1-10(2-4-11)12-9-13(12)14(22)21-7-5-16(25,6-8-21)15(23)24/h1-4,12-13,25H,5-9H2,(H,23,24). The number of carbonyl (C=O) groups excluding carboxylic acids is 1. The van der Waals surface area contributed by atoms with Crippen LogP contribution in [-0.4, -0.2) is 45.7 Å². The fourth-order valence-corrected chi connectivity index (χ4v) is 3.30. The maximum absolute atomic E-state index is 12.6. The lowest BCUT2D eigenvalue weighted by Crippen LogP contribution is -2.51. The highest BCUT2D eigenvalue weighted by Gasteiger charge is 2.48. The number of benzene rings is 1. The molecule has 0 aromatic heterocycles. The van der Waals surface area contributed by atoms with Gasteiger partial charge in [0.1, 0.15) is 0 Å². The molecule has 2 N–H and O–H groups in total. The summed E-state index contributed by atoms with van der Waals surface area (Å²) in [6.07, 6.45) is -3.85. The molecule has 25 heavy (non-hydrogen) atoms. The molecule has 1 aromatic carbocycles. The van der Waals surface area contributed by atoms with Crippen LogP contribution >= 0.6 is 0 Å². The van der Waals surface area contributed by atoms with E-state index >= 15 is 0 Å². The van der Waals surface area contributed by atoms with Crippen LogP contribution in [0.5, 0.6) is 0 Å². The lowest BCUT2D eigenvalue weighted by Gasteiger charge is -2.35. The predicted molar refractivity (Wildman–Crippen MR) is 80.7 cm³/mol. The molecule has 1 saturated carbocycles. The van der Waals surface area contributed by atoms with Gasteiger partial charge in [0.2, 0.25) is 5.91 Å². The number of carboxylic acids is 1. The number of carboxylic acid groups (broad SMARTS) is 1. The van der Waals surface area contributed by atoms with Crippen LogP contribution in [-0.2, 0) is 15.8 Å². The van der Waals surface area contributed by atoms with Gasteiger partial charge in [-0.25, -0.2) is 4.79 Å². The van der Waals surface area contributed by atoms with Gasteiger partial charge >= 0.3 is 12.1 Å². The minimum absolute atomic E-state index is 0.0221. The van der Waals surface area contributed by atoms with Crippen molar-refractivity contribution >= 4 is 11.9 Å².